The maximum atomic E-state index is 11.9. The number of hydrogen-bond donors (Lipinski definition) is 2. The molecule has 0 aromatic heterocycles. The summed E-state index contributed by atoms with van der Waals surface area (Å²) in [6.07, 6.45) is 4.26. The average Bonchev–Trinajstić information content (AvgIpc) is 2.87. The molecular formula is C28H33O5S2+. The molecule has 5 nitrogen and oxygen atoms in total. The lowest BCUT2D eigenvalue weighted by Crippen LogP contribution is -2.09. The molecule has 3 aromatic carbocycles. The van der Waals surface area contributed by atoms with E-state index in [1.165, 1.54) is 0 Å². The monoisotopic (exact) mass is 513 g/mol. The highest BCUT2D eigenvalue weighted by Crippen LogP contribution is 2.36. The van der Waals surface area contributed by atoms with Crippen molar-refractivity contribution in [1.29, 1.82) is 0 Å². The molecule has 0 spiro atoms. The van der Waals surface area contributed by atoms with Crippen molar-refractivity contribution in [3.63, 3.8) is 0 Å². The molecule has 0 heterocycles. The van der Waals surface area contributed by atoms with Crippen LogP contribution in [0.4, 0.5) is 0 Å². The maximum absolute atomic E-state index is 11.9. The molecule has 2 unspecified atom stereocenters. The molecule has 0 saturated carbocycles. The summed E-state index contributed by atoms with van der Waals surface area (Å²) in [6.45, 7) is 3.24. The van der Waals surface area contributed by atoms with Crippen molar-refractivity contribution >= 4 is 33.1 Å². The zero-order chi connectivity index (χ0) is 25.2. The first kappa shape index (κ1) is 27.2. The Hall–Kier alpha value is -2.42. The van der Waals surface area contributed by atoms with E-state index in [0.29, 0.717) is 19.8 Å². The predicted octanol–water partition coefficient (Wildman–Crippen LogP) is 5.26. The largest absolute Gasteiger partial charge is 0.491 e. The second-order valence-corrected chi connectivity index (χ2v) is 10.7. The Bertz CT molecular complexity index is 1140. The van der Waals surface area contributed by atoms with Crippen LogP contribution in [-0.4, -0.2) is 52.8 Å². The van der Waals surface area contributed by atoms with Crippen LogP contribution in [0.3, 0.4) is 0 Å². The Labute approximate surface area is 213 Å². The molecule has 0 aliphatic rings. The zero-order valence-corrected chi connectivity index (χ0v) is 22.0. The summed E-state index contributed by atoms with van der Waals surface area (Å²) >= 11 is -0.801. The minimum atomic E-state index is -1.04. The number of ether oxygens (including phenoxy) is 2. The van der Waals surface area contributed by atoms with E-state index in [0.717, 1.165) is 49.8 Å². The first-order valence-corrected chi connectivity index (χ1v) is 14.6. The van der Waals surface area contributed by atoms with Gasteiger partial charge in [-0.05, 0) is 82.8 Å². The van der Waals surface area contributed by atoms with Gasteiger partial charge in [-0.1, -0.05) is 31.2 Å². The van der Waals surface area contributed by atoms with Crippen LogP contribution < -0.4 is 4.74 Å². The molecule has 2 atom stereocenters. The molecule has 0 bridgehead atoms. The van der Waals surface area contributed by atoms with Gasteiger partial charge in [-0.25, -0.2) is 0 Å². The topological polar surface area (TPSA) is 76.0 Å². The quantitative estimate of drug-likeness (QED) is 0.196. The number of aliphatic hydroxyl groups excluding tert-OH is 1. The average molecular weight is 514 g/mol. The first-order chi connectivity index (χ1) is 16.9. The minimum Gasteiger partial charge on any atom is -0.491 e. The van der Waals surface area contributed by atoms with Gasteiger partial charge in [0.15, 0.2) is 16.1 Å². The maximum Gasteiger partial charge on any atom is 0.189 e. The molecule has 186 valence electrons. The molecule has 35 heavy (non-hydrogen) atoms. The number of hydrogen-bond acceptors (Lipinski definition) is 5. The molecule has 7 heteroatoms. The molecular weight excluding hydrogens is 480 g/mol. The number of aliphatic hydroxyl groups is 1. The summed E-state index contributed by atoms with van der Waals surface area (Å²) < 4.78 is 33.1. The fourth-order valence-corrected chi connectivity index (χ4v) is 4.88. The van der Waals surface area contributed by atoms with Gasteiger partial charge in [0.05, 0.1) is 19.8 Å². The van der Waals surface area contributed by atoms with Crippen molar-refractivity contribution in [2.75, 3.05) is 38.9 Å². The summed E-state index contributed by atoms with van der Waals surface area (Å²) in [6, 6.07) is 23.9. The highest BCUT2D eigenvalue weighted by molar-refractivity contribution is 7.90. The predicted molar refractivity (Wildman–Crippen MR) is 145 cm³/mol. The van der Waals surface area contributed by atoms with Crippen LogP contribution in [0.1, 0.15) is 30.0 Å². The smallest absolute Gasteiger partial charge is 0.189 e. The van der Waals surface area contributed by atoms with E-state index >= 15 is 0 Å². The van der Waals surface area contributed by atoms with Gasteiger partial charge in [-0.2, -0.15) is 4.55 Å². The number of rotatable bonds is 12. The Kier molecular flexibility index (Phi) is 10.6. The molecule has 3 aromatic rings. The summed E-state index contributed by atoms with van der Waals surface area (Å²) in [4.78, 5) is 1.68. The van der Waals surface area contributed by atoms with Gasteiger partial charge >= 0.3 is 0 Å². The first-order valence-electron chi connectivity index (χ1n) is 11.5. The summed E-state index contributed by atoms with van der Waals surface area (Å²) in [5.41, 5.74) is 5.38. The van der Waals surface area contributed by atoms with Crippen LogP contribution in [0, 0.1) is 0 Å². The molecule has 0 saturated heterocycles. The molecule has 0 aliphatic heterocycles. The third kappa shape index (κ3) is 7.53. The lowest BCUT2D eigenvalue weighted by atomic mass is 9.88. The summed E-state index contributed by atoms with van der Waals surface area (Å²) in [5, 5.41) is 8.83. The van der Waals surface area contributed by atoms with Crippen molar-refractivity contribution in [2.24, 2.45) is 0 Å². The Morgan fingerprint density at radius 2 is 1.57 bits per heavy atom. The molecule has 0 fully saturated rings. The lowest BCUT2D eigenvalue weighted by molar-refractivity contribution is 0.0705. The Morgan fingerprint density at radius 3 is 2.14 bits per heavy atom. The van der Waals surface area contributed by atoms with Crippen LogP contribution in [0.5, 0.6) is 5.75 Å². The highest BCUT2D eigenvalue weighted by atomic mass is 32.2. The van der Waals surface area contributed by atoms with E-state index in [2.05, 4.69) is 13.0 Å². The SMILES string of the molecule is CC/C(=C(\c1ccc(S(C)=O)cc1)c1ccc([S+](C)O)cc1)c1cccc(OCCOCCO)c1. The van der Waals surface area contributed by atoms with Crippen molar-refractivity contribution in [2.45, 2.75) is 23.1 Å². The van der Waals surface area contributed by atoms with Gasteiger partial charge < -0.3 is 14.6 Å². The van der Waals surface area contributed by atoms with E-state index in [9.17, 15) is 8.76 Å². The highest BCUT2D eigenvalue weighted by Gasteiger charge is 2.17. The Morgan fingerprint density at radius 1 is 0.914 bits per heavy atom. The van der Waals surface area contributed by atoms with Crippen LogP contribution in [0.2, 0.25) is 0 Å². The van der Waals surface area contributed by atoms with Gasteiger partial charge in [0.1, 0.15) is 18.6 Å². The third-order valence-corrected chi connectivity index (χ3v) is 7.42. The van der Waals surface area contributed by atoms with Gasteiger partial charge in [0, 0.05) is 22.0 Å². The van der Waals surface area contributed by atoms with Gasteiger partial charge in [0.2, 0.25) is 0 Å². The second-order valence-electron chi connectivity index (χ2n) is 7.90. The third-order valence-electron chi connectivity index (χ3n) is 5.53. The normalized spacial score (nSPS) is 13.7. The van der Waals surface area contributed by atoms with Crippen molar-refractivity contribution in [3.8, 4) is 5.75 Å². The molecule has 0 radical (unpaired) electrons. The molecule has 0 aliphatic carbocycles. The molecule has 0 amide bonds. The second kappa shape index (κ2) is 13.6. The number of benzene rings is 3. The van der Waals surface area contributed by atoms with E-state index in [1.54, 1.807) is 12.5 Å². The van der Waals surface area contributed by atoms with E-state index in [-0.39, 0.29) is 6.61 Å². The van der Waals surface area contributed by atoms with Gasteiger partial charge in [0.25, 0.3) is 0 Å². The van der Waals surface area contributed by atoms with Crippen LogP contribution in [0.15, 0.2) is 82.6 Å². The van der Waals surface area contributed by atoms with E-state index < -0.39 is 22.0 Å². The van der Waals surface area contributed by atoms with Crippen LogP contribution in [0.25, 0.3) is 11.1 Å². The summed E-state index contributed by atoms with van der Waals surface area (Å²) in [5.74, 6) is 0.753. The summed E-state index contributed by atoms with van der Waals surface area (Å²) in [7, 11) is -1.04. The van der Waals surface area contributed by atoms with E-state index in [1.807, 2.05) is 66.7 Å². The number of allylic oxidation sites excluding steroid dienone is 1. The van der Waals surface area contributed by atoms with Crippen molar-refractivity contribution in [3.05, 3.63) is 89.5 Å². The molecule has 2 N–H and O–H groups in total. The standard InChI is InChI=1S/C28H33O5S2/c1-4-27(23-6-5-7-24(20-23)33-19-18-32-17-16-29)28(21-8-12-25(13-9-21)34(2)30)22-10-14-26(15-11-22)35(3)31/h5-15,20,29-30H,4,16-19H2,1-3H3/q+1/b28-27+. The van der Waals surface area contributed by atoms with Gasteiger partial charge in [-0.15, -0.1) is 0 Å². The van der Waals surface area contributed by atoms with Crippen LogP contribution >= 0.6 is 0 Å². The van der Waals surface area contributed by atoms with Crippen molar-refractivity contribution in [1.82, 2.24) is 0 Å². The van der Waals surface area contributed by atoms with Crippen LogP contribution in [-0.2, 0) is 26.7 Å². The fraction of sp³-hybridized carbons (Fsp3) is 0.286. The lowest BCUT2D eigenvalue weighted by Gasteiger charge is -2.17. The van der Waals surface area contributed by atoms with Crippen molar-refractivity contribution < 1.29 is 23.3 Å². The fourth-order valence-electron chi connectivity index (χ4n) is 3.83. The minimum absolute atomic E-state index is 0.00328. The van der Waals surface area contributed by atoms with E-state index in [4.69, 9.17) is 14.6 Å². The zero-order valence-electron chi connectivity index (χ0n) is 20.4. The Balaban J connectivity index is 2.05. The van der Waals surface area contributed by atoms with Gasteiger partial charge in [-0.3, -0.25) is 4.21 Å². The molecule has 3 rings (SSSR count).